The number of hydrazone groups is 1. The highest BCUT2D eigenvalue weighted by molar-refractivity contribution is 5.89. The van der Waals surface area contributed by atoms with E-state index in [2.05, 4.69) is 54.5 Å². The molecule has 0 radical (unpaired) electrons. The van der Waals surface area contributed by atoms with Crippen LogP contribution in [-0.2, 0) is 0 Å². The van der Waals surface area contributed by atoms with Crippen LogP contribution in [0.5, 0.6) is 5.75 Å². The van der Waals surface area contributed by atoms with Gasteiger partial charge in [0.2, 0.25) is 0 Å². The lowest BCUT2D eigenvalue weighted by atomic mass is 9.86. The lowest BCUT2D eigenvalue weighted by molar-refractivity contribution is 0.266. The second-order valence-electron chi connectivity index (χ2n) is 6.61. The summed E-state index contributed by atoms with van der Waals surface area (Å²) in [5.74, 6) is 1.99. The van der Waals surface area contributed by atoms with Crippen LogP contribution < -0.4 is 10.2 Å². The van der Waals surface area contributed by atoms with E-state index in [9.17, 15) is 0 Å². The standard InChI is InChI=1S/C17H25N3O/c1-12(2)11-21-14-6-4-5-13(9-14)17-15-10-20(3)8-7-16(15)18-19-17/h4-6,9,12,15,17,19H,7-8,10-11H2,1-3H3. The van der Waals surface area contributed by atoms with Gasteiger partial charge in [0, 0.05) is 31.1 Å². The summed E-state index contributed by atoms with van der Waals surface area (Å²) in [5.41, 5.74) is 5.93. The molecule has 1 aromatic carbocycles. The number of nitrogens with one attached hydrogen (secondary N) is 1. The number of ether oxygens (including phenoxy) is 1. The molecule has 4 nitrogen and oxygen atoms in total. The van der Waals surface area contributed by atoms with Crippen molar-refractivity contribution in [3.8, 4) is 5.75 Å². The topological polar surface area (TPSA) is 36.9 Å². The van der Waals surface area contributed by atoms with Crippen LogP contribution in [0.25, 0.3) is 0 Å². The van der Waals surface area contributed by atoms with Crippen molar-refractivity contribution in [2.45, 2.75) is 26.3 Å². The van der Waals surface area contributed by atoms with Crippen molar-refractivity contribution in [1.82, 2.24) is 10.3 Å². The predicted molar refractivity (Wildman–Crippen MR) is 85.7 cm³/mol. The number of hydrogen-bond acceptors (Lipinski definition) is 4. The zero-order valence-corrected chi connectivity index (χ0v) is 13.2. The first kappa shape index (κ1) is 14.4. The van der Waals surface area contributed by atoms with Gasteiger partial charge in [0.1, 0.15) is 5.75 Å². The summed E-state index contributed by atoms with van der Waals surface area (Å²) >= 11 is 0. The largest absolute Gasteiger partial charge is 0.493 e. The molecule has 1 saturated heterocycles. The molecule has 2 aliphatic rings. The molecule has 2 aliphatic heterocycles. The number of nitrogens with zero attached hydrogens (tertiary/aromatic N) is 2. The summed E-state index contributed by atoms with van der Waals surface area (Å²) in [6.45, 7) is 7.28. The van der Waals surface area contributed by atoms with Crippen LogP contribution in [-0.4, -0.2) is 37.4 Å². The van der Waals surface area contributed by atoms with Gasteiger partial charge in [0.25, 0.3) is 0 Å². The van der Waals surface area contributed by atoms with E-state index in [4.69, 9.17) is 4.74 Å². The fourth-order valence-electron chi connectivity index (χ4n) is 3.07. The Bertz CT molecular complexity index is 527. The molecular weight excluding hydrogens is 262 g/mol. The average Bonchev–Trinajstić information content (AvgIpc) is 2.88. The number of likely N-dealkylation sites (tertiary alicyclic amines) is 1. The molecule has 2 heterocycles. The first-order valence-electron chi connectivity index (χ1n) is 7.87. The lowest BCUT2D eigenvalue weighted by Crippen LogP contribution is -2.39. The average molecular weight is 287 g/mol. The Labute approximate surface area is 127 Å². The van der Waals surface area contributed by atoms with Gasteiger partial charge in [0.15, 0.2) is 0 Å². The minimum absolute atomic E-state index is 0.283. The van der Waals surface area contributed by atoms with Crippen molar-refractivity contribution in [3.05, 3.63) is 29.8 Å². The molecule has 114 valence electrons. The van der Waals surface area contributed by atoms with Gasteiger partial charge in [-0.25, -0.2) is 0 Å². The first-order valence-corrected chi connectivity index (χ1v) is 7.87. The monoisotopic (exact) mass is 287 g/mol. The number of hydrogen-bond donors (Lipinski definition) is 1. The van der Waals surface area contributed by atoms with E-state index in [0.29, 0.717) is 11.8 Å². The quantitative estimate of drug-likeness (QED) is 0.925. The molecule has 0 saturated carbocycles. The highest BCUT2D eigenvalue weighted by Crippen LogP contribution is 2.33. The Kier molecular flexibility index (Phi) is 4.15. The van der Waals surface area contributed by atoms with E-state index in [1.807, 2.05) is 6.07 Å². The van der Waals surface area contributed by atoms with Crippen LogP contribution in [0.2, 0.25) is 0 Å². The number of piperidine rings is 1. The molecule has 21 heavy (non-hydrogen) atoms. The summed E-state index contributed by atoms with van der Waals surface area (Å²) in [6.07, 6.45) is 1.08. The molecule has 1 N–H and O–H groups in total. The minimum atomic E-state index is 0.283. The fraction of sp³-hybridized carbons (Fsp3) is 0.588. The van der Waals surface area contributed by atoms with E-state index in [1.54, 1.807) is 0 Å². The Morgan fingerprint density at radius 2 is 2.29 bits per heavy atom. The molecule has 1 fully saturated rings. The Balaban J connectivity index is 1.73. The third-order valence-electron chi connectivity index (χ3n) is 4.24. The van der Waals surface area contributed by atoms with Crippen LogP contribution in [0.3, 0.4) is 0 Å². The normalized spacial score (nSPS) is 25.4. The highest BCUT2D eigenvalue weighted by Gasteiger charge is 2.36. The molecule has 0 aliphatic carbocycles. The van der Waals surface area contributed by atoms with E-state index < -0.39 is 0 Å². The maximum absolute atomic E-state index is 5.85. The summed E-state index contributed by atoms with van der Waals surface area (Å²) in [5, 5.41) is 4.55. The van der Waals surface area contributed by atoms with Gasteiger partial charge >= 0.3 is 0 Å². The van der Waals surface area contributed by atoms with Gasteiger partial charge < -0.3 is 15.1 Å². The van der Waals surface area contributed by atoms with E-state index in [1.165, 1.54) is 11.3 Å². The van der Waals surface area contributed by atoms with E-state index in [-0.39, 0.29) is 6.04 Å². The molecular formula is C17H25N3O. The summed E-state index contributed by atoms with van der Waals surface area (Å²) in [7, 11) is 2.19. The smallest absolute Gasteiger partial charge is 0.119 e. The van der Waals surface area contributed by atoms with Crippen molar-refractivity contribution < 1.29 is 4.74 Å². The third kappa shape index (κ3) is 3.21. The van der Waals surface area contributed by atoms with Crippen LogP contribution in [0.15, 0.2) is 29.4 Å². The molecule has 1 aromatic rings. The van der Waals surface area contributed by atoms with Crippen molar-refractivity contribution in [1.29, 1.82) is 0 Å². The van der Waals surface area contributed by atoms with Gasteiger partial charge in [-0.05, 0) is 30.7 Å². The van der Waals surface area contributed by atoms with Gasteiger partial charge in [-0.3, -0.25) is 0 Å². The Hall–Kier alpha value is -1.55. The van der Waals surface area contributed by atoms with Gasteiger partial charge in [-0.15, -0.1) is 0 Å². The minimum Gasteiger partial charge on any atom is -0.493 e. The third-order valence-corrected chi connectivity index (χ3v) is 4.24. The fourth-order valence-corrected chi connectivity index (χ4v) is 3.07. The molecule has 0 spiro atoms. The molecule has 0 amide bonds. The molecule has 4 heteroatoms. The van der Waals surface area contributed by atoms with Crippen LogP contribution >= 0.6 is 0 Å². The van der Waals surface area contributed by atoms with E-state index in [0.717, 1.165) is 31.9 Å². The zero-order valence-electron chi connectivity index (χ0n) is 13.2. The summed E-state index contributed by atoms with van der Waals surface area (Å²) in [6, 6.07) is 8.73. The predicted octanol–water partition coefficient (Wildman–Crippen LogP) is 2.67. The maximum Gasteiger partial charge on any atom is 0.119 e. The molecule has 3 rings (SSSR count). The molecule has 0 aromatic heterocycles. The highest BCUT2D eigenvalue weighted by atomic mass is 16.5. The Morgan fingerprint density at radius 1 is 1.43 bits per heavy atom. The van der Waals surface area contributed by atoms with Crippen molar-refractivity contribution in [2.75, 3.05) is 26.7 Å². The van der Waals surface area contributed by atoms with Crippen LogP contribution in [0.1, 0.15) is 31.9 Å². The van der Waals surface area contributed by atoms with Crippen LogP contribution in [0.4, 0.5) is 0 Å². The number of benzene rings is 1. The van der Waals surface area contributed by atoms with Crippen LogP contribution in [0, 0.1) is 11.8 Å². The van der Waals surface area contributed by atoms with Gasteiger partial charge in [0.05, 0.1) is 12.6 Å². The molecule has 2 atom stereocenters. The van der Waals surface area contributed by atoms with Gasteiger partial charge in [-0.2, -0.15) is 5.10 Å². The van der Waals surface area contributed by atoms with E-state index >= 15 is 0 Å². The van der Waals surface area contributed by atoms with Crippen molar-refractivity contribution in [3.63, 3.8) is 0 Å². The summed E-state index contributed by atoms with van der Waals surface area (Å²) < 4.78 is 5.85. The first-order chi connectivity index (χ1) is 10.1. The lowest BCUT2D eigenvalue weighted by Gasteiger charge is -2.31. The second-order valence-corrected chi connectivity index (χ2v) is 6.61. The molecule has 2 unspecified atom stereocenters. The SMILES string of the molecule is CC(C)COc1cccc(C2NN=C3CCN(C)CC32)c1. The number of fused-ring (bicyclic) bond motifs is 1. The Morgan fingerprint density at radius 3 is 3.10 bits per heavy atom. The molecule has 0 bridgehead atoms. The van der Waals surface area contributed by atoms with Crippen molar-refractivity contribution >= 4 is 5.71 Å². The number of rotatable bonds is 4. The second kappa shape index (κ2) is 6.06. The van der Waals surface area contributed by atoms with Crippen molar-refractivity contribution in [2.24, 2.45) is 16.9 Å². The van der Waals surface area contributed by atoms with Gasteiger partial charge in [-0.1, -0.05) is 26.0 Å². The summed E-state index contributed by atoms with van der Waals surface area (Å²) in [4.78, 5) is 2.39. The maximum atomic E-state index is 5.85. The zero-order chi connectivity index (χ0) is 14.8.